The molecule has 12 heteroatoms. The van der Waals surface area contributed by atoms with Crippen molar-refractivity contribution in [2.24, 2.45) is 0 Å². The van der Waals surface area contributed by atoms with Crippen molar-refractivity contribution >= 4 is 29.8 Å². The third kappa shape index (κ3) is 10.3. The molecule has 0 aliphatic carbocycles. The van der Waals surface area contributed by atoms with Crippen LogP contribution in [0.1, 0.15) is 53.0 Å². The van der Waals surface area contributed by atoms with Gasteiger partial charge in [0.2, 0.25) is 17.7 Å². The quantitative estimate of drug-likeness (QED) is 0.334. The van der Waals surface area contributed by atoms with E-state index >= 15 is 0 Å². The Kier molecular flexibility index (Phi) is 11.7. The molecule has 1 saturated heterocycles. The molecule has 0 spiro atoms. The normalized spacial score (nSPS) is 16.9. The van der Waals surface area contributed by atoms with Gasteiger partial charge in [-0.25, -0.2) is 9.59 Å². The van der Waals surface area contributed by atoms with Gasteiger partial charge in [0.15, 0.2) is 0 Å². The van der Waals surface area contributed by atoms with Gasteiger partial charge in [0.1, 0.15) is 29.3 Å². The molecule has 0 radical (unpaired) electrons. The molecule has 3 N–H and O–H groups in total. The fourth-order valence-corrected chi connectivity index (χ4v) is 4.48. The van der Waals surface area contributed by atoms with Gasteiger partial charge in [-0.05, 0) is 67.1 Å². The minimum atomic E-state index is -1.41. The second-order valence-corrected chi connectivity index (χ2v) is 12.0. The Morgan fingerprint density at radius 1 is 1.00 bits per heavy atom. The average Bonchev–Trinajstić information content (AvgIpc) is 3.36. The lowest BCUT2D eigenvalue weighted by atomic mass is 10.0. The molecule has 12 nitrogen and oxygen atoms in total. The second-order valence-electron chi connectivity index (χ2n) is 12.0. The van der Waals surface area contributed by atoms with Crippen molar-refractivity contribution in [2.45, 2.75) is 83.1 Å². The zero-order valence-corrected chi connectivity index (χ0v) is 25.4. The number of rotatable bonds is 11. The summed E-state index contributed by atoms with van der Waals surface area (Å²) in [5.74, 6) is -2.11. The Hall–Kier alpha value is -3.67. The molecule has 3 atom stereocenters. The van der Waals surface area contributed by atoms with Gasteiger partial charge in [0.05, 0.1) is 7.11 Å². The first-order valence-electron chi connectivity index (χ1n) is 13.7. The molecule has 0 aromatic heterocycles. The summed E-state index contributed by atoms with van der Waals surface area (Å²) in [5.41, 5.74) is -1.32. The lowest BCUT2D eigenvalue weighted by Gasteiger charge is -2.33. The number of nitrogens with zero attached hydrogens (tertiary/aromatic N) is 2. The molecule has 41 heavy (non-hydrogen) atoms. The summed E-state index contributed by atoms with van der Waals surface area (Å²) in [7, 11) is 4.78. The molecule has 2 unspecified atom stereocenters. The number of likely N-dealkylation sites (tertiary alicyclic amines) is 1. The van der Waals surface area contributed by atoms with Crippen molar-refractivity contribution in [3.05, 3.63) is 35.9 Å². The van der Waals surface area contributed by atoms with Gasteiger partial charge in [-0.15, -0.1) is 0 Å². The summed E-state index contributed by atoms with van der Waals surface area (Å²) < 4.78 is 10.2. The molecule has 4 amide bonds. The van der Waals surface area contributed by atoms with Gasteiger partial charge < -0.3 is 35.2 Å². The van der Waals surface area contributed by atoms with Crippen LogP contribution in [0.15, 0.2) is 30.3 Å². The molecule has 228 valence electrons. The second kappa shape index (κ2) is 14.3. The van der Waals surface area contributed by atoms with Crippen LogP contribution < -0.4 is 16.0 Å². The lowest BCUT2D eigenvalue weighted by Crippen LogP contribution is -2.62. The van der Waals surface area contributed by atoms with Crippen LogP contribution >= 0.6 is 0 Å². The van der Waals surface area contributed by atoms with Crippen LogP contribution in [0.3, 0.4) is 0 Å². The van der Waals surface area contributed by atoms with Gasteiger partial charge in [-0.2, -0.15) is 0 Å². The molecule has 0 bridgehead atoms. The van der Waals surface area contributed by atoms with E-state index < -0.39 is 59.0 Å². The maximum atomic E-state index is 13.5. The van der Waals surface area contributed by atoms with Crippen molar-refractivity contribution in [3.63, 3.8) is 0 Å². The smallest absolute Gasteiger partial charge is 0.408 e. The van der Waals surface area contributed by atoms with Crippen LogP contribution in [0.5, 0.6) is 0 Å². The molecule has 1 aliphatic rings. The number of carbonyl (C=O) groups excluding carboxylic acids is 5. The molecule has 1 heterocycles. The van der Waals surface area contributed by atoms with E-state index in [1.165, 1.54) is 25.9 Å². The molecular weight excluding hydrogens is 530 g/mol. The Labute approximate surface area is 242 Å². The minimum Gasteiger partial charge on any atom is -0.467 e. The van der Waals surface area contributed by atoms with Crippen LogP contribution in [-0.2, 0) is 35.1 Å². The number of amides is 4. The Morgan fingerprint density at radius 2 is 1.63 bits per heavy atom. The van der Waals surface area contributed by atoms with E-state index in [4.69, 9.17) is 9.47 Å². The molecule has 1 fully saturated rings. The summed E-state index contributed by atoms with van der Waals surface area (Å²) in [6, 6.07) is 6.45. The fourth-order valence-electron chi connectivity index (χ4n) is 4.48. The molecule has 1 aromatic rings. The number of nitrogens with one attached hydrogen (secondary N) is 3. The highest BCUT2D eigenvalue weighted by Gasteiger charge is 2.41. The van der Waals surface area contributed by atoms with Gasteiger partial charge in [-0.1, -0.05) is 30.3 Å². The van der Waals surface area contributed by atoms with E-state index in [-0.39, 0.29) is 13.0 Å². The van der Waals surface area contributed by atoms with Gasteiger partial charge in [0.25, 0.3) is 0 Å². The largest absolute Gasteiger partial charge is 0.467 e. The van der Waals surface area contributed by atoms with Crippen molar-refractivity contribution in [3.8, 4) is 0 Å². The highest BCUT2D eigenvalue weighted by atomic mass is 16.6. The third-order valence-corrected chi connectivity index (χ3v) is 6.45. The maximum absolute atomic E-state index is 13.5. The first kappa shape index (κ1) is 33.5. The Bertz CT molecular complexity index is 1080. The highest BCUT2D eigenvalue weighted by Crippen LogP contribution is 2.20. The Morgan fingerprint density at radius 3 is 2.20 bits per heavy atom. The topological polar surface area (TPSA) is 146 Å². The third-order valence-electron chi connectivity index (χ3n) is 6.45. The number of hydrogen-bond acceptors (Lipinski definition) is 8. The van der Waals surface area contributed by atoms with E-state index in [2.05, 4.69) is 16.0 Å². The number of esters is 1. The van der Waals surface area contributed by atoms with Crippen LogP contribution in [0.2, 0.25) is 0 Å². The number of alkyl carbamates (subject to hydrolysis) is 1. The molecule has 2 rings (SSSR count). The molecule has 0 saturated carbocycles. The van der Waals surface area contributed by atoms with Crippen molar-refractivity contribution in [1.29, 1.82) is 0 Å². The summed E-state index contributed by atoms with van der Waals surface area (Å²) in [4.78, 5) is 68.2. The SMILES string of the molecule is COC(=O)[C@H](Cc1ccccc1)NC(=O)C(C)(C)NC(=O)C1CCCN1C(=O)C(CN(C)C)NC(=O)OC(C)(C)C. The van der Waals surface area contributed by atoms with Gasteiger partial charge >= 0.3 is 12.1 Å². The van der Waals surface area contributed by atoms with Crippen molar-refractivity contribution < 1.29 is 33.4 Å². The van der Waals surface area contributed by atoms with E-state index in [1.807, 2.05) is 30.3 Å². The van der Waals surface area contributed by atoms with E-state index in [9.17, 15) is 24.0 Å². The molecule has 1 aromatic carbocycles. The van der Waals surface area contributed by atoms with Gasteiger partial charge in [0, 0.05) is 19.5 Å². The monoisotopic (exact) mass is 575 g/mol. The van der Waals surface area contributed by atoms with Crippen LogP contribution in [0, 0.1) is 0 Å². The van der Waals surface area contributed by atoms with Crippen molar-refractivity contribution in [1.82, 2.24) is 25.8 Å². The summed E-state index contributed by atoms with van der Waals surface area (Å²) in [6.07, 6.45) is 0.465. The van der Waals surface area contributed by atoms with Crippen molar-refractivity contribution in [2.75, 3.05) is 34.3 Å². The number of carbonyl (C=O) groups is 5. The Balaban J connectivity index is 2.12. The van der Waals surface area contributed by atoms with E-state index in [0.29, 0.717) is 19.4 Å². The zero-order valence-electron chi connectivity index (χ0n) is 25.4. The summed E-state index contributed by atoms with van der Waals surface area (Å²) >= 11 is 0. The van der Waals surface area contributed by atoms with Crippen LogP contribution in [-0.4, -0.2) is 103 Å². The zero-order chi connectivity index (χ0) is 31.0. The maximum Gasteiger partial charge on any atom is 0.408 e. The highest BCUT2D eigenvalue weighted by molar-refractivity contribution is 5.96. The first-order chi connectivity index (χ1) is 19.0. The van der Waals surface area contributed by atoms with E-state index in [0.717, 1.165) is 5.56 Å². The lowest BCUT2D eigenvalue weighted by molar-refractivity contribution is -0.146. The molecule has 1 aliphatic heterocycles. The van der Waals surface area contributed by atoms with Crippen LogP contribution in [0.4, 0.5) is 4.79 Å². The van der Waals surface area contributed by atoms with Gasteiger partial charge in [-0.3, -0.25) is 14.4 Å². The average molecular weight is 576 g/mol. The van der Waals surface area contributed by atoms with Crippen LogP contribution in [0.25, 0.3) is 0 Å². The first-order valence-corrected chi connectivity index (χ1v) is 13.7. The summed E-state index contributed by atoms with van der Waals surface area (Å²) in [6.45, 7) is 8.75. The predicted octanol–water partition coefficient (Wildman–Crippen LogP) is 1.23. The van der Waals surface area contributed by atoms with E-state index in [1.54, 1.807) is 39.8 Å². The number of ether oxygens (including phenoxy) is 2. The number of likely N-dealkylation sites (N-methyl/N-ethyl adjacent to an activating group) is 1. The fraction of sp³-hybridized carbons (Fsp3) is 0.621. The summed E-state index contributed by atoms with van der Waals surface area (Å²) in [5, 5.41) is 8.06. The number of methoxy groups -OCH3 is 1. The number of benzene rings is 1. The predicted molar refractivity (Wildman–Crippen MR) is 153 cm³/mol. The number of hydrogen-bond donors (Lipinski definition) is 3. The molecular formula is C29H45N5O7. The minimum absolute atomic E-state index is 0.202. The standard InChI is InChI=1S/C29H45N5O7/c1-28(2,3)41-27(39)31-21(18-33(6)7)24(36)34-16-12-15-22(34)23(35)32-29(4,5)26(38)30-20(25(37)40-8)17-19-13-10-9-11-14-19/h9-11,13-14,20-22H,12,15-18H2,1-8H3,(H,30,38)(H,31,39)(H,32,35)/t20-,21?,22?/m0/s1.